The van der Waals surface area contributed by atoms with E-state index < -0.39 is 24.1 Å². The summed E-state index contributed by atoms with van der Waals surface area (Å²) < 4.78 is 22.7. The van der Waals surface area contributed by atoms with Crippen molar-refractivity contribution in [1.82, 2.24) is 19.5 Å². The summed E-state index contributed by atoms with van der Waals surface area (Å²) in [7, 11) is 3.61. The van der Waals surface area contributed by atoms with Crippen molar-refractivity contribution in [3.05, 3.63) is 6.33 Å². The Morgan fingerprint density at radius 1 is 1.52 bits per heavy atom. The average molecular weight is 436 g/mol. The van der Waals surface area contributed by atoms with Gasteiger partial charge in [0.05, 0.1) is 12.4 Å². The van der Waals surface area contributed by atoms with Gasteiger partial charge in [-0.1, -0.05) is 22.6 Å². The number of fused-ring (bicyclic) bond motifs is 1. The van der Waals surface area contributed by atoms with Crippen LogP contribution >= 0.6 is 22.6 Å². The first-order valence-electron chi connectivity index (χ1n) is 7.03. The maximum atomic E-state index is 15.0. The van der Waals surface area contributed by atoms with Crippen molar-refractivity contribution in [3.63, 3.8) is 0 Å². The topological polar surface area (TPSA) is 102 Å². The number of aromatic nitrogens is 4. The van der Waals surface area contributed by atoms with Gasteiger partial charge in [-0.2, -0.15) is 9.97 Å². The van der Waals surface area contributed by atoms with Crippen LogP contribution in [0.5, 0.6) is 0 Å². The highest BCUT2D eigenvalue weighted by atomic mass is 127. The normalized spacial score (nSPS) is 31.0. The first-order valence-corrected chi connectivity index (χ1v) is 8.55. The summed E-state index contributed by atoms with van der Waals surface area (Å²) in [6.07, 6.45) is -1.42. The number of halogens is 2. The Hall–Kier alpha value is -1.27. The Labute approximate surface area is 146 Å². The van der Waals surface area contributed by atoms with E-state index in [1.54, 1.807) is 19.0 Å². The molecule has 4 atom stereocenters. The second kappa shape index (κ2) is 5.67. The van der Waals surface area contributed by atoms with Crippen LogP contribution in [-0.4, -0.2) is 61.0 Å². The zero-order valence-electron chi connectivity index (χ0n) is 12.9. The van der Waals surface area contributed by atoms with E-state index in [-0.39, 0.29) is 5.95 Å². The second-order valence-corrected chi connectivity index (χ2v) is 6.78. The smallest absolute Gasteiger partial charge is 0.224 e. The summed E-state index contributed by atoms with van der Waals surface area (Å²) in [5.74, 6) is 0.600. The molecule has 0 aliphatic carbocycles. The molecule has 0 unspecified atom stereocenters. The van der Waals surface area contributed by atoms with Gasteiger partial charge in [-0.3, -0.25) is 4.57 Å². The molecule has 10 heteroatoms. The number of anilines is 2. The molecule has 1 aliphatic heterocycles. The lowest BCUT2D eigenvalue weighted by molar-refractivity contribution is -0.0413. The van der Waals surface area contributed by atoms with E-state index in [2.05, 4.69) is 37.5 Å². The maximum absolute atomic E-state index is 15.0. The lowest BCUT2D eigenvalue weighted by Crippen LogP contribution is -2.40. The van der Waals surface area contributed by atoms with E-state index >= 15 is 4.39 Å². The third-order valence-electron chi connectivity index (χ3n) is 3.97. The quantitative estimate of drug-likeness (QED) is 0.545. The third-order valence-corrected chi connectivity index (χ3v) is 4.83. The van der Waals surface area contributed by atoms with Gasteiger partial charge in [0.2, 0.25) is 5.95 Å². The minimum absolute atomic E-state index is 0.0625. The molecule has 126 valence electrons. The highest BCUT2D eigenvalue weighted by Crippen LogP contribution is 2.43. The predicted octanol–water partition coefficient (Wildman–Crippen LogP) is 0.896. The van der Waals surface area contributed by atoms with Crippen LogP contribution < -0.4 is 10.6 Å². The highest BCUT2D eigenvalue weighted by molar-refractivity contribution is 14.1. The number of alkyl halides is 2. The molecule has 1 fully saturated rings. The largest absolute Gasteiger partial charge is 0.387 e. The maximum Gasteiger partial charge on any atom is 0.224 e. The standard InChI is InChI=1S/C13H18FIN6O2/c1-13(14)8(22)6(4-15)23-11(13)21-5-17-7-9(20(2)3)18-12(16)19-10(7)21/h5-6,8,11,22H,4H2,1-3H3,(H2,16,18,19)/t6-,8-,11-,13-/m1/s1. The molecule has 2 aromatic heterocycles. The van der Waals surface area contributed by atoms with Gasteiger partial charge < -0.3 is 20.5 Å². The molecule has 0 bridgehead atoms. The summed E-state index contributed by atoms with van der Waals surface area (Å²) in [6.45, 7) is 1.32. The van der Waals surface area contributed by atoms with Gasteiger partial charge in [0, 0.05) is 18.5 Å². The molecule has 1 saturated heterocycles. The van der Waals surface area contributed by atoms with Crippen molar-refractivity contribution in [2.45, 2.75) is 31.0 Å². The van der Waals surface area contributed by atoms with E-state index in [1.807, 2.05) is 0 Å². The molecule has 8 nitrogen and oxygen atoms in total. The molecular weight excluding hydrogens is 418 g/mol. The Bertz CT molecular complexity index is 737. The monoisotopic (exact) mass is 436 g/mol. The van der Waals surface area contributed by atoms with Crippen LogP contribution in [0.3, 0.4) is 0 Å². The van der Waals surface area contributed by atoms with Crippen molar-refractivity contribution in [1.29, 1.82) is 0 Å². The lowest BCUT2D eigenvalue weighted by Gasteiger charge is -2.24. The van der Waals surface area contributed by atoms with Crippen LogP contribution in [0.25, 0.3) is 11.2 Å². The molecule has 0 aromatic carbocycles. The molecule has 23 heavy (non-hydrogen) atoms. The van der Waals surface area contributed by atoms with E-state index in [4.69, 9.17) is 10.5 Å². The number of ether oxygens (including phenoxy) is 1. The number of aliphatic hydroxyl groups excluding tert-OH is 1. The zero-order chi connectivity index (χ0) is 16.9. The van der Waals surface area contributed by atoms with Gasteiger partial charge in [0.15, 0.2) is 28.9 Å². The number of nitrogen functional groups attached to an aromatic ring is 1. The van der Waals surface area contributed by atoms with Crippen molar-refractivity contribution >= 4 is 45.5 Å². The molecular formula is C13H18FIN6O2. The van der Waals surface area contributed by atoms with Gasteiger partial charge >= 0.3 is 0 Å². The predicted molar refractivity (Wildman–Crippen MR) is 92.4 cm³/mol. The Balaban J connectivity index is 2.14. The van der Waals surface area contributed by atoms with Crippen molar-refractivity contribution in [3.8, 4) is 0 Å². The number of hydrogen-bond donors (Lipinski definition) is 2. The first kappa shape index (κ1) is 16.6. The van der Waals surface area contributed by atoms with Crippen LogP contribution in [0.1, 0.15) is 13.2 Å². The molecule has 3 N–H and O–H groups in total. The Morgan fingerprint density at radius 3 is 2.78 bits per heavy atom. The van der Waals surface area contributed by atoms with Crippen molar-refractivity contribution in [2.75, 3.05) is 29.2 Å². The van der Waals surface area contributed by atoms with E-state index in [9.17, 15) is 5.11 Å². The van der Waals surface area contributed by atoms with Gasteiger partial charge in [-0.15, -0.1) is 0 Å². The number of aliphatic hydroxyl groups is 1. The van der Waals surface area contributed by atoms with Crippen LogP contribution in [0.15, 0.2) is 6.33 Å². The molecule has 3 heterocycles. The van der Waals surface area contributed by atoms with Crippen LogP contribution in [0.4, 0.5) is 16.2 Å². The first-order chi connectivity index (χ1) is 10.8. The summed E-state index contributed by atoms with van der Waals surface area (Å²) in [4.78, 5) is 14.4. The number of nitrogens with zero attached hydrogens (tertiary/aromatic N) is 5. The summed E-state index contributed by atoms with van der Waals surface area (Å²) in [6, 6.07) is 0. The number of hydrogen-bond acceptors (Lipinski definition) is 7. The van der Waals surface area contributed by atoms with Gasteiger partial charge in [-0.25, -0.2) is 9.37 Å². The van der Waals surface area contributed by atoms with Crippen LogP contribution in [0, 0.1) is 0 Å². The fraction of sp³-hybridized carbons (Fsp3) is 0.615. The molecule has 3 rings (SSSR count). The molecule has 0 amide bonds. The summed E-state index contributed by atoms with van der Waals surface area (Å²) >= 11 is 2.06. The van der Waals surface area contributed by atoms with Crippen molar-refractivity contribution < 1.29 is 14.2 Å². The summed E-state index contributed by atoms with van der Waals surface area (Å²) in [5.41, 5.74) is 4.66. The van der Waals surface area contributed by atoms with Gasteiger partial charge in [0.25, 0.3) is 0 Å². The average Bonchev–Trinajstić information content (AvgIpc) is 2.98. The minimum atomic E-state index is -1.97. The van der Waals surface area contributed by atoms with E-state index in [0.717, 1.165) is 0 Å². The molecule has 0 spiro atoms. The Morgan fingerprint density at radius 2 is 2.22 bits per heavy atom. The molecule has 0 saturated carbocycles. The fourth-order valence-corrected chi connectivity index (χ4v) is 3.43. The number of imidazole rings is 1. The van der Waals surface area contributed by atoms with Crippen LogP contribution in [0.2, 0.25) is 0 Å². The van der Waals surface area contributed by atoms with Gasteiger partial charge in [-0.05, 0) is 6.92 Å². The van der Waals surface area contributed by atoms with E-state index in [1.165, 1.54) is 17.8 Å². The molecule has 1 aliphatic rings. The highest BCUT2D eigenvalue weighted by Gasteiger charge is 2.55. The summed E-state index contributed by atoms with van der Waals surface area (Å²) in [5, 5.41) is 10.2. The number of nitrogens with two attached hydrogens (primary N) is 1. The third kappa shape index (κ3) is 2.52. The zero-order valence-corrected chi connectivity index (χ0v) is 15.1. The SMILES string of the molecule is CN(C)c1nc(N)nc2c1ncn2[C@@H]1O[C@H](CI)[C@@H](O)[C@@]1(C)F. The minimum Gasteiger partial charge on any atom is -0.387 e. The molecule has 2 aromatic rings. The Kier molecular flexibility index (Phi) is 4.09. The van der Waals surface area contributed by atoms with Crippen molar-refractivity contribution in [2.24, 2.45) is 0 Å². The van der Waals surface area contributed by atoms with Gasteiger partial charge in [0.1, 0.15) is 6.10 Å². The number of rotatable bonds is 3. The lowest BCUT2D eigenvalue weighted by atomic mass is 9.99. The van der Waals surface area contributed by atoms with Crippen LogP contribution in [-0.2, 0) is 4.74 Å². The molecule has 0 radical (unpaired) electrons. The second-order valence-electron chi connectivity index (χ2n) is 5.90. The fourth-order valence-electron chi connectivity index (χ4n) is 2.74. The van der Waals surface area contributed by atoms with E-state index in [0.29, 0.717) is 21.4 Å².